The van der Waals surface area contributed by atoms with Crippen molar-refractivity contribution in [3.63, 3.8) is 0 Å². The molecule has 0 unspecified atom stereocenters. The quantitative estimate of drug-likeness (QED) is 0.905. The third kappa shape index (κ3) is 3.39. The molecule has 2 N–H and O–H groups in total. The van der Waals surface area contributed by atoms with E-state index in [2.05, 4.69) is 10.6 Å². The van der Waals surface area contributed by atoms with E-state index in [1.165, 1.54) is 7.11 Å². The predicted octanol–water partition coefficient (Wildman–Crippen LogP) is 2.31. The molecule has 21 heavy (non-hydrogen) atoms. The van der Waals surface area contributed by atoms with E-state index in [9.17, 15) is 9.59 Å². The highest BCUT2D eigenvalue weighted by atomic mass is 16.5. The van der Waals surface area contributed by atoms with Crippen LogP contribution in [0.3, 0.4) is 0 Å². The Balaban J connectivity index is 2.29. The van der Waals surface area contributed by atoms with Crippen molar-refractivity contribution in [2.75, 3.05) is 19.5 Å². The summed E-state index contributed by atoms with van der Waals surface area (Å²) >= 11 is 0. The van der Waals surface area contributed by atoms with Crippen LogP contribution in [-0.4, -0.2) is 26.0 Å². The summed E-state index contributed by atoms with van der Waals surface area (Å²) in [5.74, 6) is 0.00255. The van der Waals surface area contributed by atoms with Gasteiger partial charge in [0.1, 0.15) is 5.75 Å². The molecule has 0 aromatic heterocycles. The molecule has 2 amide bonds. The van der Waals surface area contributed by atoms with Crippen LogP contribution in [0.4, 0.5) is 5.69 Å². The molecular formula is C16H16N2O3. The zero-order valence-corrected chi connectivity index (χ0v) is 11.8. The van der Waals surface area contributed by atoms with E-state index in [1.807, 2.05) is 6.07 Å². The molecule has 2 rings (SSSR count). The number of anilines is 1. The van der Waals surface area contributed by atoms with Gasteiger partial charge in [0.25, 0.3) is 11.8 Å². The first-order valence-electron chi connectivity index (χ1n) is 6.42. The van der Waals surface area contributed by atoms with Crippen molar-refractivity contribution in [3.8, 4) is 5.75 Å². The van der Waals surface area contributed by atoms with E-state index in [0.29, 0.717) is 22.6 Å². The largest absolute Gasteiger partial charge is 0.495 e. The number of carbonyl (C=O) groups excluding carboxylic acids is 2. The Morgan fingerprint density at radius 2 is 1.67 bits per heavy atom. The van der Waals surface area contributed by atoms with Crippen LogP contribution in [-0.2, 0) is 0 Å². The van der Waals surface area contributed by atoms with Crippen molar-refractivity contribution in [2.24, 2.45) is 0 Å². The Morgan fingerprint density at radius 1 is 0.952 bits per heavy atom. The molecule has 0 radical (unpaired) electrons. The van der Waals surface area contributed by atoms with Crippen LogP contribution >= 0.6 is 0 Å². The number of ether oxygens (including phenoxy) is 1. The topological polar surface area (TPSA) is 67.4 Å². The molecule has 0 spiro atoms. The lowest BCUT2D eigenvalue weighted by molar-refractivity contribution is 0.0961. The molecule has 0 aliphatic rings. The fourth-order valence-electron chi connectivity index (χ4n) is 1.88. The highest BCUT2D eigenvalue weighted by Gasteiger charge is 2.12. The van der Waals surface area contributed by atoms with Gasteiger partial charge in [0.05, 0.1) is 12.8 Å². The Labute approximate surface area is 122 Å². The molecular weight excluding hydrogens is 268 g/mol. The van der Waals surface area contributed by atoms with Gasteiger partial charge in [0.2, 0.25) is 0 Å². The van der Waals surface area contributed by atoms with Crippen LogP contribution in [0.1, 0.15) is 20.7 Å². The van der Waals surface area contributed by atoms with E-state index in [4.69, 9.17) is 4.74 Å². The predicted molar refractivity (Wildman–Crippen MR) is 80.8 cm³/mol. The van der Waals surface area contributed by atoms with Gasteiger partial charge in [-0.3, -0.25) is 9.59 Å². The molecule has 2 aromatic rings. The van der Waals surface area contributed by atoms with Crippen LogP contribution in [0.2, 0.25) is 0 Å². The van der Waals surface area contributed by atoms with Crippen molar-refractivity contribution in [1.82, 2.24) is 5.32 Å². The van der Waals surface area contributed by atoms with Crippen LogP contribution < -0.4 is 15.4 Å². The summed E-state index contributed by atoms with van der Waals surface area (Å²) in [4.78, 5) is 23.8. The van der Waals surface area contributed by atoms with E-state index in [1.54, 1.807) is 49.5 Å². The third-order valence-corrected chi connectivity index (χ3v) is 2.97. The zero-order valence-electron chi connectivity index (χ0n) is 11.8. The Hall–Kier alpha value is -2.82. The summed E-state index contributed by atoms with van der Waals surface area (Å²) in [6.07, 6.45) is 0. The number of hydrogen-bond acceptors (Lipinski definition) is 3. The van der Waals surface area contributed by atoms with Gasteiger partial charge in [-0.2, -0.15) is 0 Å². The second kappa shape index (κ2) is 6.56. The normalized spacial score (nSPS) is 9.81. The monoisotopic (exact) mass is 284 g/mol. The standard InChI is InChI=1S/C16H16N2O3/c1-17-15(19)12-8-9-14(21-2)13(10-12)18-16(20)11-6-4-3-5-7-11/h3-10H,1-2H3,(H,17,19)(H,18,20). The molecule has 0 atom stereocenters. The number of rotatable bonds is 4. The fourth-order valence-corrected chi connectivity index (χ4v) is 1.88. The van der Waals surface area contributed by atoms with Crippen molar-refractivity contribution in [3.05, 3.63) is 59.7 Å². The third-order valence-electron chi connectivity index (χ3n) is 2.97. The van der Waals surface area contributed by atoms with Gasteiger partial charge >= 0.3 is 0 Å². The molecule has 0 bridgehead atoms. The average molecular weight is 284 g/mol. The van der Waals surface area contributed by atoms with E-state index in [-0.39, 0.29) is 11.8 Å². The lowest BCUT2D eigenvalue weighted by Gasteiger charge is -2.11. The van der Waals surface area contributed by atoms with Crippen LogP contribution in [0, 0.1) is 0 Å². The summed E-state index contributed by atoms with van der Waals surface area (Å²) in [6.45, 7) is 0. The second-order valence-electron chi connectivity index (χ2n) is 4.31. The highest BCUT2D eigenvalue weighted by Crippen LogP contribution is 2.26. The Morgan fingerprint density at radius 3 is 2.29 bits per heavy atom. The number of nitrogens with one attached hydrogen (secondary N) is 2. The van der Waals surface area contributed by atoms with Crippen LogP contribution in [0.15, 0.2) is 48.5 Å². The summed E-state index contributed by atoms with van der Waals surface area (Å²) < 4.78 is 5.20. The first kappa shape index (κ1) is 14.6. The SMILES string of the molecule is CNC(=O)c1ccc(OC)c(NC(=O)c2ccccc2)c1. The minimum absolute atomic E-state index is 0.229. The lowest BCUT2D eigenvalue weighted by atomic mass is 10.1. The van der Waals surface area contributed by atoms with Gasteiger partial charge in [-0.05, 0) is 30.3 Å². The zero-order chi connectivity index (χ0) is 15.2. The molecule has 5 nitrogen and oxygen atoms in total. The molecule has 0 fully saturated rings. The molecule has 2 aromatic carbocycles. The number of hydrogen-bond donors (Lipinski definition) is 2. The summed E-state index contributed by atoms with van der Waals surface area (Å²) in [6, 6.07) is 13.7. The van der Waals surface area contributed by atoms with Crippen molar-refractivity contribution >= 4 is 17.5 Å². The summed E-state index contributed by atoms with van der Waals surface area (Å²) in [5, 5.41) is 5.29. The first-order chi connectivity index (χ1) is 10.2. The molecule has 0 aliphatic carbocycles. The van der Waals surface area contributed by atoms with Crippen LogP contribution in [0.25, 0.3) is 0 Å². The summed E-state index contributed by atoms with van der Waals surface area (Å²) in [5.41, 5.74) is 1.43. The van der Waals surface area contributed by atoms with E-state index in [0.717, 1.165) is 0 Å². The van der Waals surface area contributed by atoms with Gasteiger partial charge in [0, 0.05) is 18.2 Å². The maximum absolute atomic E-state index is 12.2. The number of methoxy groups -OCH3 is 1. The smallest absolute Gasteiger partial charge is 0.255 e. The minimum Gasteiger partial charge on any atom is -0.495 e. The van der Waals surface area contributed by atoms with Crippen LogP contribution in [0.5, 0.6) is 5.75 Å². The average Bonchev–Trinajstić information content (AvgIpc) is 2.54. The Bertz CT molecular complexity index is 654. The second-order valence-corrected chi connectivity index (χ2v) is 4.31. The van der Waals surface area contributed by atoms with E-state index < -0.39 is 0 Å². The van der Waals surface area contributed by atoms with E-state index >= 15 is 0 Å². The van der Waals surface area contributed by atoms with Gasteiger partial charge in [-0.15, -0.1) is 0 Å². The first-order valence-corrected chi connectivity index (χ1v) is 6.42. The minimum atomic E-state index is -0.261. The van der Waals surface area contributed by atoms with Crippen molar-refractivity contribution in [1.29, 1.82) is 0 Å². The van der Waals surface area contributed by atoms with Crippen molar-refractivity contribution in [2.45, 2.75) is 0 Å². The molecule has 0 saturated carbocycles. The van der Waals surface area contributed by atoms with Crippen molar-refractivity contribution < 1.29 is 14.3 Å². The summed E-state index contributed by atoms with van der Waals surface area (Å²) in [7, 11) is 3.06. The number of carbonyl (C=O) groups is 2. The number of benzene rings is 2. The molecule has 0 aliphatic heterocycles. The lowest BCUT2D eigenvalue weighted by Crippen LogP contribution is -2.18. The molecule has 0 heterocycles. The fraction of sp³-hybridized carbons (Fsp3) is 0.125. The van der Waals surface area contributed by atoms with Gasteiger partial charge < -0.3 is 15.4 Å². The van der Waals surface area contributed by atoms with Gasteiger partial charge in [0.15, 0.2) is 0 Å². The van der Waals surface area contributed by atoms with Gasteiger partial charge in [-0.25, -0.2) is 0 Å². The van der Waals surface area contributed by atoms with Gasteiger partial charge in [-0.1, -0.05) is 18.2 Å². The maximum atomic E-state index is 12.2. The maximum Gasteiger partial charge on any atom is 0.255 e. The highest BCUT2D eigenvalue weighted by molar-refractivity contribution is 6.06. The molecule has 108 valence electrons. The molecule has 5 heteroatoms. The molecule has 0 saturated heterocycles. The Kier molecular flexibility index (Phi) is 4.56. The number of amides is 2.